The molecule has 1 fully saturated rings. The number of aliphatic hydroxyl groups excluding tert-OH is 1. The first-order chi connectivity index (χ1) is 10.2. The van der Waals surface area contributed by atoms with Crippen molar-refractivity contribution in [1.29, 1.82) is 0 Å². The van der Waals surface area contributed by atoms with E-state index in [1.165, 1.54) is 0 Å². The number of hydrogen-bond donors (Lipinski definition) is 1. The summed E-state index contributed by atoms with van der Waals surface area (Å²) in [6, 6.07) is 7.50. The van der Waals surface area contributed by atoms with E-state index < -0.39 is 6.10 Å². The molecular formula is C16H26N2O3. The van der Waals surface area contributed by atoms with Crippen LogP contribution < -0.4 is 9.47 Å². The van der Waals surface area contributed by atoms with Gasteiger partial charge in [0.05, 0.1) is 7.11 Å². The van der Waals surface area contributed by atoms with Crippen molar-refractivity contribution in [2.24, 2.45) is 0 Å². The van der Waals surface area contributed by atoms with E-state index in [2.05, 4.69) is 16.7 Å². The number of hydrogen-bond acceptors (Lipinski definition) is 5. The number of para-hydroxylation sites is 2. The first-order valence-electron chi connectivity index (χ1n) is 7.61. The molecule has 118 valence electrons. The fourth-order valence-electron chi connectivity index (χ4n) is 2.56. The minimum Gasteiger partial charge on any atom is -0.493 e. The fourth-order valence-corrected chi connectivity index (χ4v) is 2.56. The van der Waals surface area contributed by atoms with Crippen molar-refractivity contribution in [3.05, 3.63) is 24.3 Å². The Bertz CT molecular complexity index is 420. The van der Waals surface area contributed by atoms with Crippen LogP contribution in [0.4, 0.5) is 0 Å². The first-order valence-corrected chi connectivity index (χ1v) is 7.61. The summed E-state index contributed by atoms with van der Waals surface area (Å²) in [6.45, 7) is 8.42. The monoisotopic (exact) mass is 294 g/mol. The molecule has 0 aromatic heterocycles. The van der Waals surface area contributed by atoms with E-state index >= 15 is 0 Å². The molecule has 2 rings (SSSR count). The van der Waals surface area contributed by atoms with Crippen LogP contribution in [0.15, 0.2) is 24.3 Å². The third-order valence-electron chi connectivity index (χ3n) is 3.88. The molecule has 5 heteroatoms. The highest BCUT2D eigenvalue weighted by Gasteiger charge is 2.18. The zero-order valence-corrected chi connectivity index (χ0v) is 13.0. The van der Waals surface area contributed by atoms with Crippen LogP contribution in [0.5, 0.6) is 11.5 Å². The van der Waals surface area contributed by atoms with Crippen molar-refractivity contribution in [1.82, 2.24) is 9.80 Å². The number of likely N-dealkylation sites (N-methyl/N-ethyl adjacent to an activating group) is 1. The lowest BCUT2D eigenvalue weighted by molar-refractivity contribution is 0.0464. The summed E-state index contributed by atoms with van der Waals surface area (Å²) in [5, 5.41) is 10.1. The van der Waals surface area contributed by atoms with Gasteiger partial charge in [0.2, 0.25) is 0 Å². The number of ether oxygens (including phenoxy) is 2. The van der Waals surface area contributed by atoms with E-state index in [1.807, 2.05) is 24.3 Å². The molecule has 0 bridgehead atoms. The van der Waals surface area contributed by atoms with E-state index in [9.17, 15) is 5.11 Å². The van der Waals surface area contributed by atoms with Crippen LogP contribution >= 0.6 is 0 Å². The maximum Gasteiger partial charge on any atom is 0.161 e. The maximum atomic E-state index is 10.1. The molecule has 1 N–H and O–H groups in total. The summed E-state index contributed by atoms with van der Waals surface area (Å²) in [6.07, 6.45) is -0.483. The second-order valence-corrected chi connectivity index (χ2v) is 5.35. The molecular weight excluding hydrogens is 268 g/mol. The molecule has 0 aliphatic carbocycles. The molecule has 0 saturated carbocycles. The highest BCUT2D eigenvalue weighted by atomic mass is 16.5. The standard InChI is InChI=1S/C16H26N2O3/c1-3-17-8-10-18(11-9-17)12-14(19)13-21-16-7-5-4-6-15(16)20-2/h4-7,14,19H,3,8-13H2,1-2H3. The lowest BCUT2D eigenvalue weighted by Crippen LogP contribution is -2.49. The van der Waals surface area contributed by atoms with Crippen molar-refractivity contribution in [2.75, 3.05) is 53.0 Å². The Kier molecular flexibility index (Phi) is 6.29. The molecule has 1 unspecified atom stereocenters. The zero-order chi connectivity index (χ0) is 15.1. The van der Waals surface area contributed by atoms with Gasteiger partial charge in [-0.2, -0.15) is 0 Å². The Morgan fingerprint density at radius 1 is 1.10 bits per heavy atom. The van der Waals surface area contributed by atoms with Crippen LogP contribution in [0, 0.1) is 0 Å². The van der Waals surface area contributed by atoms with Crippen molar-refractivity contribution >= 4 is 0 Å². The molecule has 0 amide bonds. The van der Waals surface area contributed by atoms with Gasteiger partial charge in [-0.05, 0) is 18.7 Å². The summed E-state index contributed by atoms with van der Waals surface area (Å²) >= 11 is 0. The van der Waals surface area contributed by atoms with Gasteiger partial charge in [0, 0.05) is 32.7 Å². The van der Waals surface area contributed by atoms with Gasteiger partial charge in [0.25, 0.3) is 0 Å². The molecule has 1 heterocycles. The van der Waals surface area contributed by atoms with Crippen molar-refractivity contribution in [2.45, 2.75) is 13.0 Å². The van der Waals surface area contributed by atoms with Crippen LogP contribution in [0.2, 0.25) is 0 Å². The summed E-state index contributed by atoms with van der Waals surface area (Å²) in [5.74, 6) is 1.37. The summed E-state index contributed by atoms with van der Waals surface area (Å²) < 4.78 is 10.9. The van der Waals surface area contributed by atoms with E-state index in [4.69, 9.17) is 9.47 Å². The van der Waals surface area contributed by atoms with Gasteiger partial charge in [-0.3, -0.25) is 4.90 Å². The molecule has 5 nitrogen and oxygen atoms in total. The molecule has 0 radical (unpaired) electrons. The highest BCUT2D eigenvalue weighted by Crippen LogP contribution is 2.25. The highest BCUT2D eigenvalue weighted by molar-refractivity contribution is 5.39. The largest absolute Gasteiger partial charge is 0.493 e. The zero-order valence-electron chi connectivity index (χ0n) is 13.0. The molecule has 1 aliphatic heterocycles. The average molecular weight is 294 g/mol. The van der Waals surface area contributed by atoms with Crippen molar-refractivity contribution in [3.8, 4) is 11.5 Å². The Morgan fingerprint density at radius 3 is 2.33 bits per heavy atom. The van der Waals surface area contributed by atoms with Gasteiger partial charge in [0.15, 0.2) is 11.5 Å². The summed E-state index contributed by atoms with van der Waals surface area (Å²) in [5.41, 5.74) is 0. The van der Waals surface area contributed by atoms with Crippen LogP contribution in [0.1, 0.15) is 6.92 Å². The Balaban J connectivity index is 1.73. The number of methoxy groups -OCH3 is 1. The predicted octanol–water partition coefficient (Wildman–Crippen LogP) is 1.07. The Labute approximate surface area is 127 Å². The van der Waals surface area contributed by atoms with Gasteiger partial charge < -0.3 is 19.5 Å². The molecule has 1 aromatic rings. The van der Waals surface area contributed by atoms with Gasteiger partial charge in [-0.1, -0.05) is 19.1 Å². The van der Waals surface area contributed by atoms with Crippen LogP contribution in [0.3, 0.4) is 0 Å². The number of benzene rings is 1. The summed E-state index contributed by atoms with van der Waals surface area (Å²) in [4.78, 5) is 4.72. The maximum absolute atomic E-state index is 10.1. The topological polar surface area (TPSA) is 45.2 Å². The summed E-state index contributed by atoms with van der Waals surface area (Å²) in [7, 11) is 1.62. The minimum atomic E-state index is -0.483. The first kappa shape index (κ1) is 16.1. The molecule has 1 atom stereocenters. The van der Waals surface area contributed by atoms with E-state index in [-0.39, 0.29) is 6.61 Å². The Morgan fingerprint density at radius 2 is 1.71 bits per heavy atom. The second-order valence-electron chi connectivity index (χ2n) is 5.35. The van der Waals surface area contributed by atoms with Gasteiger partial charge in [0.1, 0.15) is 12.7 Å². The number of rotatable bonds is 7. The number of piperazine rings is 1. The van der Waals surface area contributed by atoms with E-state index in [0.29, 0.717) is 18.0 Å². The lowest BCUT2D eigenvalue weighted by Gasteiger charge is -2.34. The van der Waals surface area contributed by atoms with Gasteiger partial charge >= 0.3 is 0 Å². The molecule has 0 spiro atoms. The SMILES string of the molecule is CCN1CCN(CC(O)COc2ccccc2OC)CC1. The van der Waals surface area contributed by atoms with Crippen LogP contribution in [-0.4, -0.2) is 74.0 Å². The molecule has 21 heavy (non-hydrogen) atoms. The third kappa shape index (κ3) is 4.88. The van der Waals surface area contributed by atoms with Crippen molar-refractivity contribution < 1.29 is 14.6 Å². The average Bonchev–Trinajstić information content (AvgIpc) is 2.54. The number of β-amino-alcohol motifs (C(OH)–C–C–N with tert-alkyl or cyclic N) is 1. The van der Waals surface area contributed by atoms with Crippen molar-refractivity contribution in [3.63, 3.8) is 0 Å². The molecule has 1 aromatic carbocycles. The second kappa shape index (κ2) is 8.22. The van der Waals surface area contributed by atoms with Gasteiger partial charge in [-0.25, -0.2) is 0 Å². The Hall–Kier alpha value is -1.30. The van der Waals surface area contributed by atoms with Crippen LogP contribution in [-0.2, 0) is 0 Å². The van der Waals surface area contributed by atoms with E-state index in [1.54, 1.807) is 7.11 Å². The number of nitrogens with zero attached hydrogens (tertiary/aromatic N) is 2. The molecule has 1 saturated heterocycles. The van der Waals surface area contributed by atoms with Crippen LogP contribution in [0.25, 0.3) is 0 Å². The molecule has 1 aliphatic rings. The normalized spacial score (nSPS) is 18.4. The van der Waals surface area contributed by atoms with Gasteiger partial charge in [-0.15, -0.1) is 0 Å². The smallest absolute Gasteiger partial charge is 0.161 e. The minimum absolute atomic E-state index is 0.286. The van der Waals surface area contributed by atoms with E-state index in [0.717, 1.165) is 32.7 Å². The quantitative estimate of drug-likeness (QED) is 0.815. The predicted molar refractivity (Wildman–Crippen MR) is 83.0 cm³/mol. The third-order valence-corrected chi connectivity index (χ3v) is 3.88. The fraction of sp³-hybridized carbons (Fsp3) is 0.625. The number of aliphatic hydroxyl groups is 1. The lowest BCUT2D eigenvalue weighted by atomic mass is 10.2.